The van der Waals surface area contributed by atoms with Gasteiger partial charge in [0.25, 0.3) is 0 Å². The summed E-state index contributed by atoms with van der Waals surface area (Å²) in [5.74, 6) is 1.61. The van der Waals surface area contributed by atoms with Crippen LogP contribution in [0.2, 0.25) is 5.02 Å². The van der Waals surface area contributed by atoms with Gasteiger partial charge in [-0.1, -0.05) is 37.2 Å². The number of hydrogen-bond acceptors (Lipinski definition) is 2. The third kappa shape index (κ3) is 5.09. The van der Waals surface area contributed by atoms with Gasteiger partial charge in [-0.3, -0.25) is 0 Å². The molecule has 0 radical (unpaired) electrons. The number of rotatable bonds is 3. The van der Waals surface area contributed by atoms with Crippen molar-refractivity contribution < 1.29 is 0 Å². The molecule has 2 nitrogen and oxygen atoms in total. The molecule has 0 aromatic heterocycles. The summed E-state index contributed by atoms with van der Waals surface area (Å²) in [5, 5.41) is 1.31. The molecule has 0 fully saturated rings. The Bertz CT molecular complexity index is 333. The average molecular weight is 243 g/mol. The number of halogens is 1. The summed E-state index contributed by atoms with van der Waals surface area (Å²) >= 11 is 7.34. The molecule has 0 aliphatic heterocycles. The van der Waals surface area contributed by atoms with Crippen LogP contribution in [0.1, 0.15) is 13.8 Å². The molecule has 82 valence electrons. The fraction of sp³-hybridized carbons (Fsp3) is 0.364. The summed E-state index contributed by atoms with van der Waals surface area (Å²) in [6.07, 6.45) is 0. The van der Waals surface area contributed by atoms with E-state index in [-0.39, 0.29) is 0 Å². The quantitative estimate of drug-likeness (QED) is 0.649. The lowest BCUT2D eigenvalue weighted by Gasteiger charge is -2.03. The Morgan fingerprint density at radius 3 is 2.53 bits per heavy atom. The maximum absolute atomic E-state index is 5.77. The van der Waals surface area contributed by atoms with E-state index in [0.29, 0.717) is 16.1 Å². The van der Waals surface area contributed by atoms with Gasteiger partial charge in [-0.2, -0.15) is 0 Å². The summed E-state index contributed by atoms with van der Waals surface area (Å²) in [6.45, 7) is 4.31. The zero-order valence-corrected chi connectivity index (χ0v) is 10.5. The number of nitrogens with zero attached hydrogens (tertiary/aromatic N) is 1. The molecule has 0 saturated heterocycles. The molecule has 0 heterocycles. The first-order valence-corrected chi connectivity index (χ1v) is 6.17. The third-order valence-electron chi connectivity index (χ3n) is 1.63. The van der Waals surface area contributed by atoms with E-state index in [1.165, 1.54) is 0 Å². The lowest BCUT2D eigenvalue weighted by atomic mass is 10.3. The van der Waals surface area contributed by atoms with Crippen LogP contribution < -0.4 is 5.73 Å². The first-order chi connectivity index (χ1) is 7.08. The van der Waals surface area contributed by atoms with E-state index >= 15 is 0 Å². The van der Waals surface area contributed by atoms with Crippen LogP contribution in [0.4, 0.5) is 5.69 Å². The molecule has 0 aliphatic carbocycles. The Hall–Kier alpha value is -0.670. The summed E-state index contributed by atoms with van der Waals surface area (Å²) in [7, 11) is 0. The predicted molar refractivity (Wildman–Crippen MR) is 70.0 cm³/mol. The molecule has 0 atom stereocenters. The van der Waals surface area contributed by atoms with Gasteiger partial charge in [0.05, 0.1) is 5.69 Å². The molecule has 2 N–H and O–H groups in total. The van der Waals surface area contributed by atoms with Gasteiger partial charge in [0.2, 0.25) is 0 Å². The van der Waals surface area contributed by atoms with Crippen LogP contribution in [0.15, 0.2) is 29.3 Å². The summed E-state index contributed by atoms with van der Waals surface area (Å²) in [6, 6.07) is 7.32. The van der Waals surface area contributed by atoms with E-state index in [9.17, 15) is 0 Å². The van der Waals surface area contributed by atoms with Gasteiger partial charge in [-0.05, 0) is 30.2 Å². The second-order valence-corrected chi connectivity index (χ2v) is 5.11. The van der Waals surface area contributed by atoms with E-state index in [1.807, 2.05) is 12.1 Å². The van der Waals surface area contributed by atoms with E-state index in [2.05, 4.69) is 18.8 Å². The molecule has 0 spiro atoms. The van der Waals surface area contributed by atoms with Crippen molar-refractivity contribution in [3.05, 3.63) is 29.3 Å². The molecule has 1 aromatic carbocycles. The van der Waals surface area contributed by atoms with E-state index in [4.69, 9.17) is 17.3 Å². The number of hydrogen-bond donors (Lipinski definition) is 1. The number of thioether (sulfide) groups is 1. The van der Waals surface area contributed by atoms with Crippen molar-refractivity contribution in [3.8, 4) is 0 Å². The molecule has 1 aromatic rings. The first-order valence-electron chi connectivity index (χ1n) is 4.80. The minimum absolute atomic E-state index is 0.603. The Morgan fingerprint density at radius 2 is 2.00 bits per heavy atom. The van der Waals surface area contributed by atoms with Gasteiger partial charge < -0.3 is 5.73 Å². The van der Waals surface area contributed by atoms with Gasteiger partial charge in [-0.25, -0.2) is 4.99 Å². The van der Waals surface area contributed by atoms with E-state index in [1.54, 1.807) is 23.9 Å². The van der Waals surface area contributed by atoms with Gasteiger partial charge in [0.1, 0.15) is 0 Å². The average Bonchev–Trinajstić information content (AvgIpc) is 2.19. The second-order valence-electron chi connectivity index (χ2n) is 3.63. The van der Waals surface area contributed by atoms with Gasteiger partial charge in [0.15, 0.2) is 5.17 Å². The Labute approximate surface area is 99.9 Å². The van der Waals surface area contributed by atoms with E-state index < -0.39 is 0 Å². The van der Waals surface area contributed by atoms with Gasteiger partial charge >= 0.3 is 0 Å². The highest BCUT2D eigenvalue weighted by molar-refractivity contribution is 8.13. The normalized spacial score (nSPS) is 12.1. The van der Waals surface area contributed by atoms with Crippen molar-refractivity contribution in [1.29, 1.82) is 0 Å². The standard InChI is InChI=1S/C11H15ClN2S/c1-8(2)7-15-11(13)14-10-5-3-9(12)4-6-10/h3-6,8H,7H2,1-2H3,(H2,13,14). The topological polar surface area (TPSA) is 38.4 Å². The van der Waals surface area contributed by atoms with Crippen molar-refractivity contribution in [2.24, 2.45) is 16.6 Å². The Morgan fingerprint density at radius 1 is 1.40 bits per heavy atom. The predicted octanol–water partition coefficient (Wildman–Crippen LogP) is 3.68. The lowest BCUT2D eigenvalue weighted by Crippen LogP contribution is -2.08. The summed E-state index contributed by atoms with van der Waals surface area (Å²) in [5.41, 5.74) is 6.61. The zero-order chi connectivity index (χ0) is 11.3. The molecule has 0 amide bonds. The van der Waals surface area contributed by atoms with Crippen molar-refractivity contribution in [2.75, 3.05) is 5.75 Å². The number of benzene rings is 1. The Balaban J connectivity index is 2.58. The maximum atomic E-state index is 5.77. The van der Waals surface area contributed by atoms with Crippen molar-refractivity contribution in [3.63, 3.8) is 0 Å². The molecular weight excluding hydrogens is 228 g/mol. The SMILES string of the molecule is CC(C)CSC(N)=Nc1ccc(Cl)cc1. The smallest absolute Gasteiger partial charge is 0.159 e. The highest BCUT2D eigenvalue weighted by Crippen LogP contribution is 2.18. The van der Waals surface area contributed by atoms with Crippen molar-refractivity contribution in [1.82, 2.24) is 0 Å². The number of aliphatic imine (C=N–C) groups is 1. The zero-order valence-electron chi connectivity index (χ0n) is 8.90. The highest BCUT2D eigenvalue weighted by atomic mass is 35.5. The number of nitrogens with two attached hydrogens (primary N) is 1. The van der Waals surface area contributed by atoms with Crippen LogP contribution in [0.3, 0.4) is 0 Å². The van der Waals surface area contributed by atoms with Crippen molar-refractivity contribution in [2.45, 2.75) is 13.8 Å². The van der Waals surface area contributed by atoms with Crippen LogP contribution in [0, 0.1) is 5.92 Å². The molecule has 0 bridgehead atoms. The molecule has 0 saturated carbocycles. The second kappa shape index (κ2) is 6.03. The molecular formula is C11H15ClN2S. The van der Waals surface area contributed by atoms with Gasteiger partial charge in [-0.15, -0.1) is 0 Å². The highest BCUT2D eigenvalue weighted by Gasteiger charge is 1.98. The molecule has 15 heavy (non-hydrogen) atoms. The van der Waals surface area contributed by atoms with Crippen LogP contribution in [-0.2, 0) is 0 Å². The van der Waals surface area contributed by atoms with Crippen LogP contribution in [0.25, 0.3) is 0 Å². The van der Waals surface area contributed by atoms with Gasteiger partial charge in [0, 0.05) is 10.8 Å². The molecule has 0 unspecified atom stereocenters. The number of amidine groups is 1. The lowest BCUT2D eigenvalue weighted by molar-refractivity contribution is 0.752. The van der Waals surface area contributed by atoms with Crippen LogP contribution >= 0.6 is 23.4 Å². The largest absolute Gasteiger partial charge is 0.378 e. The fourth-order valence-electron chi connectivity index (χ4n) is 0.927. The van der Waals surface area contributed by atoms with Crippen molar-refractivity contribution >= 4 is 34.2 Å². The fourth-order valence-corrected chi connectivity index (χ4v) is 1.73. The summed E-state index contributed by atoms with van der Waals surface area (Å²) in [4.78, 5) is 4.27. The monoisotopic (exact) mass is 242 g/mol. The Kier molecular flexibility index (Phi) is 4.99. The maximum Gasteiger partial charge on any atom is 0.159 e. The molecule has 1 rings (SSSR count). The minimum atomic E-state index is 0.603. The third-order valence-corrected chi connectivity index (χ3v) is 3.10. The van der Waals surface area contributed by atoms with Crippen LogP contribution in [0.5, 0.6) is 0 Å². The van der Waals surface area contributed by atoms with Crippen LogP contribution in [-0.4, -0.2) is 10.9 Å². The molecule has 4 heteroatoms. The minimum Gasteiger partial charge on any atom is -0.378 e. The molecule has 0 aliphatic rings. The summed E-state index contributed by atoms with van der Waals surface area (Å²) < 4.78 is 0. The van der Waals surface area contributed by atoms with E-state index in [0.717, 1.165) is 11.4 Å². The first kappa shape index (κ1) is 12.4.